The minimum atomic E-state index is -3.50. The van der Waals surface area contributed by atoms with E-state index in [1.54, 1.807) is 6.07 Å². The Morgan fingerprint density at radius 3 is 2.69 bits per heavy atom. The van der Waals surface area contributed by atoms with Crippen molar-refractivity contribution in [2.24, 2.45) is 0 Å². The standard InChI is InChI=1S/C20H24N2O3S/c1-3-20(23)22-10-9-17-7-8-19(12-18(17)13-22)21-26(24,25)14-16-6-4-5-15(2)11-16/h4-8,11-12,21H,3,9-10,13-14H2,1-2H3. The lowest BCUT2D eigenvalue weighted by molar-refractivity contribution is -0.131. The first-order valence-corrected chi connectivity index (χ1v) is 10.5. The van der Waals surface area contributed by atoms with Crippen LogP contribution in [0.3, 0.4) is 0 Å². The molecule has 0 saturated carbocycles. The highest BCUT2D eigenvalue weighted by Crippen LogP contribution is 2.24. The van der Waals surface area contributed by atoms with Crippen LogP contribution in [0.25, 0.3) is 0 Å². The maximum atomic E-state index is 12.5. The SMILES string of the molecule is CCC(=O)N1CCc2ccc(NS(=O)(=O)Cc3cccc(C)c3)cc2C1. The van der Waals surface area contributed by atoms with Crippen LogP contribution >= 0.6 is 0 Å². The highest BCUT2D eigenvalue weighted by atomic mass is 32.2. The Labute approximate surface area is 155 Å². The van der Waals surface area contributed by atoms with E-state index in [1.807, 2.05) is 55.1 Å². The first kappa shape index (κ1) is 18.5. The fourth-order valence-electron chi connectivity index (χ4n) is 3.29. The van der Waals surface area contributed by atoms with E-state index in [1.165, 1.54) is 5.56 Å². The maximum Gasteiger partial charge on any atom is 0.236 e. The topological polar surface area (TPSA) is 66.5 Å². The summed E-state index contributed by atoms with van der Waals surface area (Å²) >= 11 is 0. The third-order valence-electron chi connectivity index (χ3n) is 4.59. The van der Waals surface area contributed by atoms with Gasteiger partial charge >= 0.3 is 0 Å². The lowest BCUT2D eigenvalue weighted by atomic mass is 9.99. The molecule has 1 amide bonds. The summed E-state index contributed by atoms with van der Waals surface area (Å²) in [5, 5.41) is 0. The van der Waals surface area contributed by atoms with Crippen LogP contribution in [-0.2, 0) is 33.5 Å². The van der Waals surface area contributed by atoms with Crippen LogP contribution in [0, 0.1) is 6.92 Å². The van der Waals surface area contributed by atoms with Gasteiger partial charge in [-0.15, -0.1) is 0 Å². The second-order valence-corrected chi connectivity index (χ2v) is 8.47. The summed E-state index contributed by atoms with van der Waals surface area (Å²) in [5.41, 5.74) is 4.52. The molecule has 26 heavy (non-hydrogen) atoms. The number of hydrogen-bond donors (Lipinski definition) is 1. The number of fused-ring (bicyclic) bond motifs is 1. The summed E-state index contributed by atoms with van der Waals surface area (Å²) in [5.74, 6) is 0.0627. The Morgan fingerprint density at radius 1 is 1.15 bits per heavy atom. The number of sulfonamides is 1. The van der Waals surface area contributed by atoms with E-state index in [0.29, 0.717) is 18.7 Å². The van der Waals surface area contributed by atoms with Gasteiger partial charge in [0.2, 0.25) is 15.9 Å². The first-order chi connectivity index (χ1) is 12.4. The third-order valence-corrected chi connectivity index (χ3v) is 5.85. The molecule has 3 rings (SSSR count). The number of anilines is 1. The van der Waals surface area contributed by atoms with Gasteiger partial charge in [0.05, 0.1) is 5.75 Å². The zero-order valence-corrected chi connectivity index (χ0v) is 16.0. The van der Waals surface area contributed by atoms with Gasteiger partial charge in [0, 0.05) is 25.2 Å². The van der Waals surface area contributed by atoms with Crippen LogP contribution in [0.4, 0.5) is 5.69 Å². The quantitative estimate of drug-likeness (QED) is 0.876. The molecule has 0 aliphatic carbocycles. The van der Waals surface area contributed by atoms with Crippen molar-refractivity contribution in [3.63, 3.8) is 0 Å². The highest BCUT2D eigenvalue weighted by Gasteiger charge is 2.20. The summed E-state index contributed by atoms with van der Waals surface area (Å²) in [4.78, 5) is 13.8. The molecule has 0 radical (unpaired) electrons. The molecule has 2 aromatic rings. The van der Waals surface area contributed by atoms with Gasteiger partial charge in [-0.2, -0.15) is 0 Å². The lowest BCUT2D eigenvalue weighted by Gasteiger charge is -2.29. The number of amides is 1. The van der Waals surface area contributed by atoms with Gasteiger partial charge in [-0.1, -0.05) is 42.8 Å². The Bertz CT molecular complexity index is 922. The molecule has 1 aliphatic heterocycles. The van der Waals surface area contributed by atoms with Crippen LogP contribution in [0.1, 0.15) is 35.6 Å². The zero-order chi connectivity index (χ0) is 18.7. The molecule has 1 aliphatic rings. The summed E-state index contributed by atoms with van der Waals surface area (Å²) < 4.78 is 27.6. The zero-order valence-electron chi connectivity index (χ0n) is 15.2. The van der Waals surface area contributed by atoms with Crippen molar-refractivity contribution < 1.29 is 13.2 Å². The van der Waals surface area contributed by atoms with Gasteiger partial charge < -0.3 is 4.90 Å². The van der Waals surface area contributed by atoms with E-state index in [9.17, 15) is 13.2 Å². The summed E-state index contributed by atoms with van der Waals surface area (Å²) in [6.45, 7) is 5.05. The molecule has 138 valence electrons. The molecular formula is C20H24N2O3S. The van der Waals surface area contributed by atoms with Crippen LogP contribution in [-0.4, -0.2) is 25.8 Å². The lowest BCUT2D eigenvalue weighted by Crippen LogP contribution is -2.35. The molecule has 0 saturated heterocycles. The van der Waals surface area contributed by atoms with Gasteiger partial charge in [0.1, 0.15) is 0 Å². The molecule has 0 aromatic heterocycles. The fraction of sp³-hybridized carbons (Fsp3) is 0.350. The van der Waals surface area contributed by atoms with Crippen molar-refractivity contribution in [3.8, 4) is 0 Å². The van der Waals surface area contributed by atoms with E-state index in [-0.39, 0.29) is 11.7 Å². The fourth-order valence-corrected chi connectivity index (χ4v) is 4.47. The van der Waals surface area contributed by atoms with E-state index in [4.69, 9.17) is 0 Å². The molecule has 0 bridgehead atoms. The van der Waals surface area contributed by atoms with Gasteiger partial charge in [-0.25, -0.2) is 8.42 Å². The number of benzene rings is 2. The number of carbonyl (C=O) groups excluding carboxylic acids is 1. The maximum absolute atomic E-state index is 12.5. The van der Waals surface area contributed by atoms with Crippen molar-refractivity contribution in [1.82, 2.24) is 4.90 Å². The van der Waals surface area contributed by atoms with Gasteiger partial charge in [0.25, 0.3) is 0 Å². The molecule has 1 heterocycles. The summed E-state index contributed by atoms with van der Waals surface area (Å²) in [6, 6.07) is 13.1. The second kappa shape index (κ2) is 7.50. The van der Waals surface area contributed by atoms with Crippen molar-refractivity contribution >= 4 is 21.6 Å². The van der Waals surface area contributed by atoms with Crippen molar-refractivity contribution in [1.29, 1.82) is 0 Å². The number of aryl methyl sites for hydroxylation is 1. The molecule has 2 aromatic carbocycles. The van der Waals surface area contributed by atoms with Gasteiger partial charge in [-0.05, 0) is 42.2 Å². The summed E-state index contributed by atoms with van der Waals surface area (Å²) in [7, 11) is -3.50. The van der Waals surface area contributed by atoms with Crippen LogP contribution in [0.2, 0.25) is 0 Å². The Morgan fingerprint density at radius 2 is 1.96 bits per heavy atom. The summed E-state index contributed by atoms with van der Waals surface area (Å²) in [6.07, 6.45) is 1.29. The Kier molecular flexibility index (Phi) is 5.32. The largest absolute Gasteiger partial charge is 0.338 e. The number of nitrogens with zero attached hydrogens (tertiary/aromatic N) is 1. The van der Waals surface area contributed by atoms with Crippen LogP contribution in [0.5, 0.6) is 0 Å². The minimum absolute atomic E-state index is 0.0633. The van der Waals surface area contributed by atoms with Crippen molar-refractivity contribution in [2.75, 3.05) is 11.3 Å². The molecule has 0 fully saturated rings. The van der Waals surface area contributed by atoms with Crippen molar-refractivity contribution in [2.45, 2.75) is 39.0 Å². The Hall–Kier alpha value is -2.34. The second-order valence-electron chi connectivity index (χ2n) is 6.75. The van der Waals surface area contributed by atoms with E-state index in [2.05, 4.69) is 4.72 Å². The average molecular weight is 372 g/mol. The van der Waals surface area contributed by atoms with E-state index in [0.717, 1.165) is 29.7 Å². The van der Waals surface area contributed by atoms with Crippen LogP contribution < -0.4 is 4.72 Å². The third kappa shape index (κ3) is 4.43. The molecule has 6 heteroatoms. The van der Waals surface area contributed by atoms with E-state index < -0.39 is 10.0 Å². The first-order valence-electron chi connectivity index (χ1n) is 8.82. The molecular weight excluding hydrogens is 348 g/mol. The number of rotatable bonds is 5. The van der Waals surface area contributed by atoms with Gasteiger partial charge in [0.15, 0.2) is 0 Å². The number of hydrogen-bond acceptors (Lipinski definition) is 3. The number of nitrogens with one attached hydrogen (secondary N) is 1. The molecule has 1 N–H and O–H groups in total. The molecule has 0 unspecified atom stereocenters. The highest BCUT2D eigenvalue weighted by molar-refractivity contribution is 7.91. The van der Waals surface area contributed by atoms with Gasteiger partial charge in [-0.3, -0.25) is 9.52 Å². The molecule has 5 nitrogen and oxygen atoms in total. The minimum Gasteiger partial charge on any atom is -0.338 e. The predicted molar refractivity (Wildman–Crippen MR) is 103 cm³/mol. The normalized spacial score (nSPS) is 14.0. The van der Waals surface area contributed by atoms with E-state index >= 15 is 0 Å². The number of carbonyl (C=O) groups is 1. The smallest absolute Gasteiger partial charge is 0.236 e. The molecule has 0 spiro atoms. The molecule has 0 atom stereocenters. The average Bonchev–Trinajstić information content (AvgIpc) is 2.59. The van der Waals surface area contributed by atoms with Crippen molar-refractivity contribution in [3.05, 3.63) is 64.7 Å². The van der Waals surface area contributed by atoms with Crippen LogP contribution in [0.15, 0.2) is 42.5 Å². The monoisotopic (exact) mass is 372 g/mol. The Balaban J connectivity index is 1.75. The predicted octanol–water partition coefficient (Wildman–Crippen LogP) is 3.23.